The number of anilines is 2. The molecule has 5 nitrogen and oxygen atoms in total. The highest BCUT2D eigenvalue weighted by Gasteiger charge is 2.07. The Morgan fingerprint density at radius 3 is 2.71 bits per heavy atom. The Labute approximate surface area is 102 Å². The van der Waals surface area contributed by atoms with Crippen molar-refractivity contribution < 1.29 is 4.79 Å². The summed E-state index contributed by atoms with van der Waals surface area (Å²) in [6, 6.07) is 5.05. The molecule has 0 unspecified atom stereocenters. The molecule has 0 radical (unpaired) electrons. The Balaban J connectivity index is 2.62. The maximum Gasteiger partial charge on any atom is 0.250 e. The molecule has 0 spiro atoms. The first-order valence-electron chi connectivity index (χ1n) is 5.58. The minimum atomic E-state index is -0.444. The highest BCUT2D eigenvalue weighted by Crippen LogP contribution is 2.18. The van der Waals surface area contributed by atoms with Gasteiger partial charge in [0.1, 0.15) is 0 Å². The second kappa shape index (κ2) is 6.10. The van der Waals surface area contributed by atoms with Gasteiger partial charge in [-0.3, -0.25) is 4.79 Å². The Kier molecular flexibility index (Phi) is 4.78. The minimum Gasteiger partial charge on any atom is -0.399 e. The summed E-state index contributed by atoms with van der Waals surface area (Å²) in [5, 5.41) is 3.18. The van der Waals surface area contributed by atoms with Crippen molar-refractivity contribution in [3.8, 4) is 0 Å². The van der Waals surface area contributed by atoms with Crippen molar-refractivity contribution in [1.82, 2.24) is 4.90 Å². The summed E-state index contributed by atoms with van der Waals surface area (Å²) >= 11 is 0. The number of hydrogen-bond donors (Lipinski definition) is 3. The fourth-order valence-electron chi connectivity index (χ4n) is 1.54. The van der Waals surface area contributed by atoms with Crippen LogP contribution in [0.15, 0.2) is 18.2 Å². The fraction of sp³-hybridized carbons (Fsp3) is 0.417. The molecular formula is C12H20N4O. The van der Waals surface area contributed by atoms with E-state index in [4.69, 9.17) is 11.5 Å². The molecule has 0 atom stereocenters. The predicted molar refractivity (Wildman–Crippen MR) is 71.0 cm³/mol. The van der Waals surface area contributed by atoms with Gasteiger partial charge in [-0.25, -0.2) is 0 Å². The Hall–Kier alpha value is -1.75. The second-order valence-electron chi connectivity index (χ2n) is 4.25. The quantitative estimate of drug-likeness (QED) is 0.502. The number of primary amides is 1. The van der Waals surface area contributed by atoms with Gasteiger partial charge in [-0.05, 0) is 45.3 Å². The van der Waals surface area contributed by atoms with Crippen LogP contribution in [0.25, 0.3) is 0 Å². The Morgan fingerprint density at radius 2 is 2.12 bits per heavy atom. The summed E-state index contributed by atoms with van der Waals surface area (Å²) in [6.07, 6.45) is 0.986. The number of carbonyl (C=O) groups is 1. The zero-order valence-corrected chi connectivity index (χ0v) is 10.4. The van der Waals surface area contributed by atoms with Gasteiger partial charge in [0.05, 0.1) is 5.56 Å². The van der Waals surface area contributed by atoms with Crippen LogP contribution >= 0.6 is 0 Å². The average molecular weight is 236 g/mol. The Morgan fingerprint density at radius 1 is 1.41 bits per heavy atom. The molecule has 1 aromatic carbocycles. The van der Waals surface area contributed by atoms with E-state index < -0.39 is 5.91 Å². The van der Waals surface area contributed by atoms with Gasteiger partial charge >= 0.3 is 0 Å². The molecule has 94 valence electrons. The van der Waals surface area contributed by atoms with Crippen LogP contribution in [0.2, 0.25) is 0 Å². The van der Waals surface area contributed by atoms with Crippen molar-refractivity contribution in [2.75, 3.05) is 38.2 Å². The highest BCUT2D eigenvalue weighted by atomic mass is 16.1. The first kappa shape index (κ1) is 13.3. The lowest BCUT2D eigenvalue weighted by atomic mass is 10.1. The predicted octanol–water partition coefficient (Wildman–Crippen LogP) is 0.731. The van der Waals surface area contributed by atoms with Crippen molar-refractivity contribution >= 4 is 17.3 Å². The van der Waals surface area contributed by atoms with E-state index in [9.17, 15) is 4.79 Å². The number of amides is 1. The monoisotopic (exact) mass is 236 g/mol. The molecule has 1 aromatic rings. The molecule has 0 fully saturated rings. The largest absolute Gasteiger partial charge is 0.399 e. The fourth-order valence-corrected chi connectivity index (χ4v) is 1.54. The third kappa shape index (κ3) is 4.32. The first-order valence-corrected chi connectivity index (χ1v) is 5.58. The van der Waals surface area contributed by atoms with Crippen molar-refractivity contribution in [3.63, 3.8) is 0 Å². The summed E-state index contributed by atoms with van der Waals surface area (Å²) in [5.41, 5.74) is 12.8. The van der Waals surface area contributed by atoms with Gasteiger partial charge in [0.25, 0.3) is 5.91 Å². The third-order valence-corrected chi connectivity index (χ3v) is 2.41. The van der Waals surface area contributed by atoms with E-state index in [1.54, 1.807) is 18.2 Å². The van der Waals surface area contributed by atoms with Gasteiger partial charge in [0, 0.05) is 17.9 Å². The van der Waals surface area contributed by atoms with Crippen molar-refractivity contribution in [1.29, 1.82) is 0 Å². The summed E-state index contributed by atoms with van der Waals surface area (Å²) in [7, 11) is 4.05. The molecule has 1 rings (SSSR count). The Bertz CT molecular complexity index is 390. The number of benzene rings is 1. The number of nitrogens with one attached hydrogen (secondary N) is 1. The molecule has 0 aliphatic carbocycles. The molecular weight excluding hydrogens is 216 g/mol. The first-order chi connectivity index (χ1) is 8.00. The van der Waals surface area contributed by atoms with Crippen molar-refractivity contribution in [3.05, 3.63) is 23.8 Å². The highest BCUT2D eigenvalue weighted by molar-refractivity contribution is 5.99. The molecule has 0 aliphatic rings. The standard InChI is InChI=1S/C12H20N4O/c1-16(2)7-3-6-15-11-8-9(13)4-5-10(11)12(14)17/h4-5,8,15H,3,6-7,13H2,1-2H3,(H2,14,17). The molecule has 0 heterocycles. The van der Waals surface area contributed by atoms with Crippen LogP contribution in [0.3, 0.4) is 0 Å². The molecule has 0 aliphatic heterocycles. The van der Waals surface area contributed by atoms with Gasteiger partial charge in [-0.2, -0.15) is 0 Å². The van der Waals surface area contributed by atoms with Gasteiger partial charge in [0.15, 0.2) is 0 Å². The van der Waals surface area contributed by atoms with E-state index in [0.717, 1.165) is 19.5 Å². The number of nitrogen functional groups attached to an aromatic ring is 1. The van der Waals surface area contributed by atoms with Gasteiger partial charge in [0.2, 0.25) is 0 Å². The molecule has 0 aromatic heterocycles. The number of nitrogens with two attached hydrogens (primary N) is 2. The van der Waals surface area contributed by atoms with Gasteiger partial charge in [-0.1, -0.05) is 0 Å². The van der Waals surface area contributed by atoms with Crippen molar-refractivity contribution in [2.45, 2.75) is 6.42 Å². The van der Waals surface area contributed by atoms with E-state index >= 15 is 0 Å². The van der Waals surface area contributed by atoms with Crippen LogP contribution in [0.1, 0.15) is 16.8 Å². The third-order valence-electron chi connectivity index (χ3n) is 2.41. The molecule has 5 N–H and O–H groups in total. The smallest absolute Gasteiger partial charge is 0.250 e. The van der Waals surface area contributed by atoms with Crippen LogP contribution in [0.5, 0.6) is 0 Å². The van der Waals surface area contributed by atoms with Gasteiger partial charge in [-0.15, -0.1) is 0 Å². The van der Waals surface area contributed by atoms with Crippen LogP contribution < -0.4 is 16.8 Å². The van der Waals surface area contributed by atoms with Gasteiger partial charge < -0.3 is 21.7 Å². The van der Waals surface area contributed by atoms with Crippen LogP contribution in [-0.2, 0) is 0 Å². The van der Waals surface area contributed by atoms with E-state index in [1.807, 2.05) is 14.1 Å². The maximum atomic E-state index is 11.2. The van der Waals surface area contributed by atoms with E-state index in [-0.39, 0.29) is 0 Å². The summed E-state index contributed by atoms with van der Waals surface area (Å²) in [6.45, 7) is 1.77. The summed E-state index contributed by atoms with van der Waals surface area (Å²) in [4.78, 5) is 13.3. The molecule has 0 bridgehead atoms. The van der Waals surface area contributed by atoms with Crippen LogP contribution in [0.4, 0.5) is 11.4 Å². The molecule has 17 heavy (non-hydrogen) atoms. The lowest BCUT2D eigenvalue weighted by molar-refractivity contribution is 0.100. The molecule has 0 saturated carbocycles. The van der Waals surface area contributed by atoms with E-state index in [1.165, 1.54) is 0 Å². The zero-order chi connectivity index (χ0) is 12.8. The molecule has 5 heteroatoms. The van der Waals surface area contributed by atoms with Crippen molar-refractivity contribution in [2.24, 2.45) is 5.73 Å². The average Bonchev–Trinajstić information content (AvgIpc) is 2.23. The lowest BCUT2D eigenvalue weighted by Gasteiger charge is -2.13. The number of rotatable bonds is 6. The summed E-state index contributed by atoms with van der Waals surface area (Å²) in [5.74, 6) is -0.444. The van der Waals surface area contributed by atoms with E-state index in [2.05, 4.69) is 10.2 Å². The summed E-state index contributed by atoms with van der Waals surface area (Å²) < 4.78 is 0. The molecule has 1 amide bonds. The SMILES string of the molecule is CN(C)CCCNc1cc(N)ccc1C(N)=O. The normalized spacial score (nSPS) is 10.5. The molecule has 0 saturated heterocycles. The van der Waals surface area contributed by atoms with E-state index in [0.29, 0.717) is 16.9 Å². The number of carbonyl (C=O) groups excluding carboxylic acids is 1. The number of hydrogen-bond acceptors (Lipinski definition) is 4. The van der Waals surface area contributed by atoms with Crippen LogP contribution in [-0.4, -0.2) is 38.0 Å². The lowest BCUT2D eigenvalue weighted by Crippen LogP contribution is -2.18. The minimum absolute atomic E-state index is 0.444. The maximum absolute atomic E-state index is 11.2. The van der Waals surface area contributed by atoms with Crippen LogP contribution in [0, 0.1) is 0 Å². The second-order valence-corrected chi connectivity index (χ2v) is 4.25. The topological polar surface area (TPSA) is 84.4 Å². The number of nitrogens with zero attached hydrogens (tertiary/aromatic N) is 1. The zero-order valence-electron chi connectivity index (χ0n) is 10.4.